The Morgan fingerprint density at radius 3 is 2.77 bits per heavy atom. The Hall–Kier alpha value is -3.67. The van der Waals surface area contributed by atoms with Gasteiger partial charge in [0.25, 0.3) is 5.91 Å². The molecule has 0 saturated carbocycles. The third-order valence-electron chi connectivity index (χ3n) is 5.34. The predicted octanol–water partition coefficient (Wildman–Crippen LogP) is 5.35. The van der Waals surface area contributed by atoms with E-state index < -0.39 is 0 Å². The van der Waals surface area contributed by atoms with Crippen LogP contribution in [0, 0.1) is 12.7 Å². The Balaban J connectivity index is 1.62. The molecule has 0 unspecified atom stereocenters. The summed E-state index contributed by atoms with van der Waals surface area (Å²) < 4.78 is 19.5. The summed E-state index contributed by atoms with van der Waals surface area (Å²) in [4.78, 5) is 14.8. The number of aromatic amines is 1. The van der Waals surface area contributed by atoms with Gasteiger partial charge in [0.15, 0.2) is 0 Å². The van der Waals surface area contributed by atoms with Crippen LogP contribution in [0.25, 0.3) is 22.0 Å². The molecule has 1 amide bonds. The number of hydrogen-bond acceptors (Lipinski definition) is 3. The van der Waals surface area contributed by atoms with Crippen LogP contribution < -0.4 is 4.74 Å². The Morgan fingerprint density at radius 1 is 1.16 bits per heavy atom. The fourth-order valence-electron chi connectivity index (χ4n) is 3.73. The van der Waals surface area contributed by atoms with Gasteiger partial charge in [-0.25, -0.2) is 4.39 Å². The van der Waals surface area contributed by atoms with E-state index in [1.54, 1.807) is 42.4 Å². The Bertz CT molecular complexity index is 1250. The van der Waals surface area contributed by atoms with Crippen molar-refractivity contribution in [3.05, 3.63) is 83.3 Å². The molecular formula is C25H24FN3O2. The predicted molar refractivity (Wildman–Crippen MR) is 120 cm³/mol. The van der Waals surface area contributed by atoms with E-state index in [0.717, 1.165) is 27.6 Å². The highest BCUT2D eigenvalue weighted by atomic mass is 19.1. The molecule has 1 aromatic heterocycles. The summed E-state index contributed by atoms with van der Waals surface area (Å²) in [6.07, 6.45) is 1.80. The van der Waals surface area contributed by atoms with Crippen LogP contribution in [0.5, 0.6) is 5.75 Å². The van der Waals surface area contributed by atoms with Crippen LogP contribution in [0.15, 0.2) is 60.8 Å². The molecule has 4 aromatic rings. The molecule has 0 aliphatic heterocycles. The quantitative estimate of drug-likeness (QED) is 0.460. The van der Waals surface area contributed by atoms with Crippen molar-refractivity contribution >= 4 is 16.8 Å². The van der Waals surface area contributed by atoms with Crippen molar-refractivity contribution in [3.63, 3.8) is 0 Å². The van der Waals surface area contributed by atoms with Crippen LogP contribution in [0.4, 0.5) is 4.39 Å². The highest BCUT2D eigenvalue weighted by Gasteiger charge is 2.17. The maximum absolute atomic E-state index is 13.7. The van der Waals surface area contributed by atoms with Gasteiger partial charge in [-0.3, -0.25) is 9.89 Å². The van der Waals surface area contributed by atoms with Crippen molar-refractivity contribution in [1.29, 1.82) is 0 Å². The lowest BCUT2D eigenvalue weighted by Crippen LogP contribution is -2.26. The van der Waals surface area contributed by atoms with E-state index in [2.05, 4.69) is 10.2 Å². The van der Waals surface area contributed by atoms with E-state index in [9.17, 15) is 9.18 Å². The number of carbonyl (C=O) groups excluding carboxylic acids is 1. The lowest BCUT2D eigenvalue weighted by atomic mass is 10.0. The van der Waals surface area contributed by atoms with Gasteiger partial charge in [-0.05, 0) is 60.9 Å². The molecule has 0 atom stereocenters. The Morgan fingerprint density at radius 2 is 2.00 bits per heavy atom. The third-order valence-corrected chi connectivity index (χ3v) is 5.34. The average molecular weight is 417 g/mol. The number of fused-ring (bicyclic) bond motifs is 1. The Labute approximate surface area is 180 Å². The number of halogens is 1. The third kappa shape index (κ3) is 4.14. The van der Waals surface area contributed by atoms with Gasteiger partial charge in [0, 0.05) is 30.1 Å². The van der Waals surface area contributed by atoms with E-state index in [1.807, 2.05) is 32.0 Å². The minimum atomic E-state index is -0.317. The number of nitrogens with zero attached hydrogens (tertiary/aromatic N) is 2. The first-order valence-corrected chi connectivity index (χ1v) is 10.2. The molecule has 1 heterocycles. The molecule has 4 rings (SSSR count). The monoisotopic (exact) mass is 417 g/mol. The molecule has 5 nitrogen and oxygen atoms in total. The fraction of sp³-hybridized carbons (Fsp3) is 0.200. The molecular weight excluding hydrogens is 393 g/mol. The normalized spacial score (nSPS) is 11.0. The molecule has 158 valence electrons. The van der Waals surface area contributed by atoms with Crippen molar-refractivity contribution in [1.82, 2.24) is 15.1 Å². The Kier molecular flexibility index (Phi) is 5.71. The zero-order chi connectivity index (χ0) is 22.0. The standard InChI is InChI=1S/C25H24FN3O2/c1-4-31-23-13-18(10-11-21(23)17-6-5-7-20(26)12-17)25(30)29(3)15-19-9-8-16(2)22-14-27-28-24(19)22/h5-14H,4,15H2,1-3H3,(H,27,28). The van der Waals surface area contributed by atoms with Gasteiger partial charge in [-0.2, -0.15) is 5.10 Å². The van der Waals surface area contributed by atoms with Gasteiger partial charge in [-0.1, -0.05) is 24.3 Å². The summed E-state index contributed by atoms with van der Waals surface area (Å²) >= 11 is 0. The maximum atomic E-state index is 13.7. The van der Waals surface area contributed by atoms with Crippen molar-refractivity contribution in [2.45, 2.75) is 20.4 Å². The van der Waals surface area contributed by atoms with Gasteiger partial charge in [0.05, 0.1) is 18.3 Å². The molecule has 0 bridgehead atoms. The minimum absolute atomic E-state index is 0.125. The summed E-state index contributed by atoms with van der Waals surface area (Å²) in [7, 11) is 1.77. The number of carbonyl (C=O) groups is 1. The number of nitrogens with one attached hydrogen (secondary N) is 1. The fourth-order valence-corrected chi connectivity index (χ4v) is 3.73. The molecule has 31 heavy (non-hydrogen) atoms. The summed E-state index contributed by atoms with van der Waals surface area (Å²) in [5, 5.41) is 8.22. The molecule has 3 aromatic carbocycles. The van der Waals surface area contributed by atoms with Crippen molar-refractivity contribution in [2.75, 3.05) is 13.7 Å². The molecule has 0 spiro atoms. The van der Waals surface area contributed by atoms with Crippen LogP contribution >= 0.6 is 0 Å². The number of ether oxygens (including phenoxy) is 1. The van der Waals surface area contributed by atoms with Gasteiger partial charge < -0.3 is 9.64 Å². The molecule has 6 heteroatoms. The van der Waals surface area contributed by atoms with Crippen LogP contribution in [0.1, 0.15) is 28.4 Å². The second-order valence-electron chi connectivity index (χ2n) is 7.52. The van der Waals surface area contributed by atoms with E-state index >= 15 is 0 Å². The number of amides is 1. The maximum Gasteiger partial charge on any atom is 0.254 e. The SMILES string of the molecule is CCOc1cc(C(=O)N(C)Cc2ccc(C)c3cn[nH]c23)ccc1-c1cccc(F)c1. The van der Waals surface area contributed by atoms with Gasteiger partial charge in [0.2, 0.25) is 0 Å². The topological polar surface area (TPSA) is 58.2 Å². The number of benzene rings is 3. The minimum Gasteiger partial charge on any atom is -0.493 e. The molecule has 0 aliphatic carbocycles. The highest BCUT2D eigenvalue weighted by molar-refractivity contribution is 5.96. The van der Waals surface area contributed by atoms with Crippen LogP contribution in [-0.4, -0.2) is 34.7 Å². The second-order valence-corrected chi connectivity index (χ2v) is 7.52. The largest absolute Gasteiger partial charge is 0.493 e. The first-order chi connectivity index (χ1) is 15.0. The first-order valence-electron chi connectivity index (χ1n) is 10.2. The number of rotatable bonds is 6. The van der Waals surface area contributed by atoms with Crippen molar-refractivity contribution < 1.29 is 13.9 Å². The van der Waals surface area contributed by atoms with Crippen LogP contribution in [0.2, 0.25) is 0 Å². The van der Waals surface area contributed by atoms with E-state index in [-0.39, 0.29) is 11.7 Å². The number of aryl methyl sites for hydroxylation is 1. The summed E-state index contributed by atoms with van der Waals surface area (Å²) in [6.45, 7) is 4.79. The smallest absolute Gasteiger partial charge is 0.254 e. The molecule has 0 radical (unpaired) electrons. The van der Waals surface area contributed by atoms with Gasteiger partial charge in [0.1, 0.15) is 11.6 Å². The van der Waals surface area contributed by atoms with Crippen LogP contribution in [0.3, 0.4) is 0 Å². The van der Waals surface area contributed by atoms with Gasteiger partial charge in [-0.15, -0.1) is 0 Å². The zero-order valence-corrected chi connectivity index (χ0v) is 17.8. The summed E-state index contributed by atoms with van der Waals surface area (Å²) in [6, 6.07) is 15.7. The van der Waals surface area contributed by atoms with Gasteiger partial charge >= 0.3 is 0 Å². The van der Waals surface area contributed by atoms with Crippen LogP contribution in [-0.2, 0) is 6.54 Å². The van der Waals surface area contributed by atoms with E-state index in [4.69, 9.17) is 4.74 Å². The lowest BCUT2D eigenvalue weighted by molar-refractivity contribution is 0.0785. The summed E-state index contributed by atoms with van der Waals surface area (Å²) in [5.41, 5.74) is 5.04. The zero-order valence-electron chi connectivity index (χ0n) is 17.8. The van der Waals surface area contributed by atoms with E-state index in [1.165, 1.54) is 12.1 Å². The van der Waals surface area contributed by atoms with Crippen molar-refractivity contribution in [2.24, 2.45) is 0 Å². The number of H-pyrrole nitrogens is 1. The number of aromatic nitrogens is 2. The molecule has 0 saturated heterocycles. The second kappa shape index (κ2) is 8.60. The molecule has 0 aliphatic rings. The molecule has 1 N–H and O–H groups in total. The first kappa shape index (κ1) is 20.6. The highest BCUT2D eigenvalue weighted by Crippen LogP contribution is 2.32. The summed E-state index contributed by atoms with van der Waals surface area (Å²) in [5.74, 6) is 0.113. The van der Waals surface area contributed by atoms with E-state index in [0.29, 0.717) is 30.0 Å². The van der Waals surface area contributed by atoms with Crippen molar-refractivity contribution in [3.8, 4) is 16.9 Å². The molecule has 0 fully saturated rings. The number of hydrogen-bond donors (Lipinski definition) is 1. The lowest BCUT2D eigenvalue weighted by Gasteiger charge is -2.19. The average Bonchev–Trinajstić information content (AvgIpc) is 3.26.